The van der Waals surface area contributed by atoms with E-state index >= 15 is 0 Å². The van der Waals surface area contributed by atoms with Crippen LogP contribution in [0.3, 0.4) is 0 Å². The topological polar surface area (TPSA) is 66.4 Å². The number of rotatable bonds is 1. The van der Waals surface area contributed by atoms with Crippen LogP contribution >= 0.6 is 15.9 Å². The Bertz CT molecular complexity index is 441. The molecule has 0 spiro atoms. The number of hydrogen-bond donors (Lipinski definition) is 0. The third-order valence-corrected chi connectivity index (χ3v) is 2.70. The summed E-state index contributed by atoms with van der Waals surface area (Å²) in [4.78, 5) is 22.0. The summed E-state index contributed by atoms with van der Waals surface area (Å²) in [6, 6.07) is 5.07. The van der Waals surface area contributed by atoms with Crippen LogP contribution in [0.4, 0.5) is 0 Å². The number of esters is 1. The number of ether oxygens (including phenoxy) is 1. The second-order valence-corrected chi connectivity index (χ2v) is 4.13. The first-order chi connectivity index (χ1) is 7.08. The number of carbonyl (C=O) groups is 2. The Labute approximate surface area is 94.0 Å². The molecule has 1 aliphatic heterocycles. The van der Waals surface area contributed by atoms with Crippen LogP contribution in [-0.4, -0.2) is 18.0 Å². The fraction of sp³-hybridized carbons (Fsp3) is 0.200. The van der Waals surface area contributed by atoms with Crippen molar-refractivity contribution in [2.45, 2.75) is 12.5 Å². The third kappa shape index (κ3) is 1.87. The van der Waals surface area contributed by atoms with Gasteiger partial charge in [0.05, 0.1) is 11.5 Å². The maximum absolute atomic E-state index is 11.4. The average Bonchev–Trinajstić information content (AvgIpc) is 2.18. The van der Waals surface area contributed by atoms with E-state index in [1.54, 1.807) is 18.2 Å². The Morgan fingerprint density at radius 3 is 2.93 bits per heavy atom. The maximum Gasteiger partial charge on any atom is 0.339 e. The van der Waals surface area contributed by atoms with Gasteiger partial charge in [0.1, 0.15) is 6.10 Å². The lowest BCUT2D eigenvalue weighted by Gasteiger charge is -2.25. The largest absolute Gasteiger partial charge is 0.546 e. The van der Waals surface area contributed by atoms with Crippen molar-refractivity contribution in [1.82, 2.24) is 0 Å². The van der Waals surface area contributed by atoms with Crippen LogP contribution in [0.25, 0.3) is 0 Å². The van der Waals surface area contributed by atoms with E-state index in [2.05, 4.69) is 15.9 Å². The molecule has 1 atom stereocenters. The summed E-state index contributed by atoms with van der Waals surface area (Å²) in [6.45, 7) is 0. The Kier molecular flexibility index (Phi) is 2.48. The molecule has 0 fully saturated rings. The van der Waals surface area contributed by atoms with Crippen LogP contribution in [0, 0.1) is 0 Å². The fourth-order valence-electron chi connectivity index (χ4n) is 1.48. The molecular weight excluding hydrogens is 264 g/mol. The van der Waals surface area contributed by atoms with Gasteiger partial charge in [-0.15, -0.1) is 0 Å². The number of carboxylic acid groups (broad SMARTS) is 1. The maximum atomic E-state index is 11.4. The number of hydrogen-bond acceptors (Lipinski definition) is 4. The summed E-state index contributed by atoms with van der Waals surface area (Å²) in [5.41, 5.74) is 1.07. The van der Waals surface area contributed by atoms with Crippen LogP contribution in [0.15, 0.2) is 22.7 Å². The van der Waals surface area contributed by atoms with Crippen LogP contribution in [-0.2, 0) is 16.0 Å². The highest BCUT2D eigenvalue weighted by Gasteiger charge is 2.26. The minimum Gasteiger partial charge on any atom is -0.546 e. The van der Waals surface area contributed by atoms with Crippen molar-refractivity contribution in [1.29, 1.82) is 0 Å². The molecule has 2 rings (SSSR count). The molecule has 15 heavy (non-hydrogen) atoms. The molecule has 0 aromatic heterocycles. The molecule has 1 aliphatic rings. The lowest BCUT2D eigenvalue weighted by atomic mass is 9.99. The molecule has 0 radical (unpaired) electrons. The van der Waals surface area contributed by atoms with Gasteiger partial charge in [-0.25, -0.2) is 4.79 Å². The van der Waals surface area contributed by atoms with Gasteiger partial charge in [0, 0.05) is 10.9 Å². The van der Waals surface area contributed by atoms with Crippen molar-refractivity contribution in [2.24, 2.45) is 0 Å². The molecule has 0 unspecified atom stereocenters. The quantitative estimate of drug-likeness (QED) is 0.687. The van der Waals surface area contributed by atoms with Gasteiger partial charge < -0.3 is 14.6 Å². The number of benzene rings is 1. The van der Waals surface area contributed by atoms with E-state index in [0.29, 0.717) is 11.1 Å². The molecule has 0 N–H and O–H groups in total. The molecule has 0 aliphatic carbocycles. The van der Waals surface area contributed by atoms with E-state index in [-0.39, 0.29) is 6.42 Å². The van der Waals surface area contributed by atoms with Gasteiger partial charge in [0.25, 0.3) is 0 Å². The van der Waals surface area contributed by atoms with Gasteiger partial charge in [-0.2, -0.15) is 0 Å². The highest BCUT2D eigenvalue weighted by atomic mass is 79.9. The van der Waals surface area contributed by atoms with E-state index < -0.39 is 18.0 Å². The first-order valence-electron chi connectivity index (χ1n) is 4.28. The zero-order valence-electron chi connectivity index (χ0n) is 7.53. The summed E-state index contributed by atoms with van der Waals surface area (Å²) in [6.07, 6.45) is -1.01. The number of carboxylic acids is 1. The van der Waals surface area contributed by atoms with E-state index in [9.17, 15) is 14.7 Å². The zero-order chi connectivity index (χ0) is 11.0. The van der Waals surface area contributed by atoms with Gasteiger partial charge in [-0.3, -0.25) is 0 Å². The van der Waals surface area contributed by atoms with Crippen LogP contribution in [0.2, 0.25) is 0 Å². The fourth-order valence-corrected chi connectivity index (χ4v) is 1.84. The van der Waals surface area contributed by atoms with Crippen molar-refractivity contribution < 1.29 is 19.4 Å². The molecule has 0 amide bonds. The summed E-state index contributed by atoms with van der Waals surface area (Å²) < 4.78 is 5.46. The van der Waals surface area contributed by atoms with Crippen LogP contribution < -0.4 is 5.11 Å². The minimum atomic E-state index is -1.36. The van der Waals surface area contributed by atoms with Crippen LogP contribution in [0.5, 0.6) is 0 Å². The molecule has 1 aromatic rings. The minimum absolute atomic E-state index is 0.163. The molecule has 4 nitrogen and oxygen atoms in total. The van der Waals surface area contributed by atoms with Crippen molar-refractivity contribution in [3.8, 4) is 0 Å². The van der Waals surface area contributed by atoms with Gasteiger partial charge in [-0.1, -0.05) is 22.0 Å². The van der Waals surface area contributed by atoms with Gasteiger partial charge >= 0.3 is 5.97 Å². The smallest absolute Gasteiger partial charge is 0.339 e. The highest BCUT2D eigenvalue weighted by Crippen LogP contribution is 2.23. The molecule has 5 heteroatoms. The molecule has 78 valence electrons. The number of cyclic esters (lactones) is 1. The second-order valence-electron chi connectivity index (χ2n) is 3.22. The SMILES string of the molecule is O=C1O[C@@H](C(=O)[O-])Cc2ccc(Br)cc21. The molecule has 1 aromatic carbocycles. The predicted molar refractivity (Wildman–Crippen MR) is 52.1 cm³/mol. The Hall–Kier alpha value is -1.36. The van der Waals surface area contributed by atoms with Crippen molar-refractivity contribution >= 4 is 27.9 Å². The molecular formula is C10H6BrO4-. The molecule has 0 saturated carbocycles. The highest BCUT2D eigenvalue weighted by molar-refractivity contribution is 9.10. The normalized spacial score (nSPS) is 19.3. The van der Waals surface area contributed by atoms with Crippen molar-refractivity contribution in [3.05, 3.63) is 33.8 Å². The molecule has 0 bridgehead atoms. The van der Waals surface area contributed by atoms with Gasteiger partial charge in [0.2, 0.25) is 0 Å². The number of halogens is 1. The first-order valence-corrected chi connectivity index (χ1v) is 5.07. The summed E-state index contributed by atoms with van der Waals surface area (Å²) in [5, 5.41) is 10.6. The lowest BCUT2D eigenvalue weighted by molar-refractivity contribution is -0.314. The van der Waals surface area contributed by atoms with E-state index in [0.717, 1.165) is 4.47 Å². The Morgan fingerprint density at radius 2 is 2.27 bits per heavy atom. The monoisotopic (exact) mass is 269 g/mol. The van der Waals surface area contributed by atoms with Crippen molar-refractivity contribution in [3.63, 3.8) is 0 Å². The summed E-state index contributed by atoms with van der Waals surface area (Å²) in [7, 11) is 0. The van der Waals surface area contributed by atoms with E-state index in [1.807, 2.05) is 0 Å². The van der Waals surface area contributed by atoms with Crippen molar-refractivity contribution in [2.75, 3.05) is 0 Å². The van der Waals surface area contributed by atoms with E-state index in [4.69, 9.17) is 4.74 Å². The predicted octanol–water partition coefficient (Wildman–Crippen LogP) is 0.280. The lowest BCUT2D eigenvalue weighted by Crippen LogP contribution is -2.42. The second kappa shape index (κ2) is 3.66. The third-order valence-electron chi connectivity index (χ3n) is 2.21. The Balaban J connectivity index is 2.41. The number of aliphatic carboxylic acids is 1. The standard InChI is InChI=1S/C10H7BrO4/c11-6-2-1-5-3-8(9(12)13)15-10(14)7(5)4-6/h1-2,4,8H,3H2,(H,12,13)/p-1/t8-/m1/s1. The summed E-state index contributed by atoms with van der Waals surface area (Å²) >= 11 is 3.23. The molecule has 0 saturated heterocycles. The zero-order valence-corrected chi connectivity index (χ0v) is 9.11. The molecule has 1 heterocycles. The number of fused-ring (bicyclic) bond motifs is 1. The first kappa shape index (κ1) is 10.2. The van der Waals surface area contributed by atoms with Crippen LogP contribution in [0.1, 0.15) is 15.9 Å². The van der Waals surface area contributed by atoms with Gasteiger partial charge in [-0.05, 0) is 17.7 Å². The number of carbonyl (C=O) groups excluding carboxylic acids is 2. The van der Waals surface area contributed by atoms with Gasteiger partial charge in [0.15, 0.2) is 0 Å². The Morgan fingerprint density at radius 1 is 1.53 bits per heavy atom. The van der Waals surface area contributed by atoms with E-state index in [1.165, 1.54) is 0 Å². The average molecular weight is 270 g/mol. The summed E-state index contributed by atoms with van der Waals surface area (Å²) in [5.74, 6) is -1.98.